The van der Waals surface area contributed by atoms with Crippen LogP contribution >= 0.6 is 0 Å². The van der Waals surface area contributed by atoms with Gasteiger partial charge in [-0.1, -0.05) is 20.3 Å². The van der Waals surface area contributed by atoms with Crippen molar-refractivity contribution in [1.82, 2.24) is 10.6 Å². The van der Waals surface area contributed by atoms with E-state index >= 15 is 0 Å². The van der Waals surface area contributed by atoms with Gasteiger partial charge in [-0.25, -0.2) is 0 Å². The molecule has 2 N–H and O–H groups in total. The zero-order valence-corrected chi connectivity index (χ0v) is 11.0. The Morgan fingerprint density at radius 2 is 1.81 bits per heavy atom. The first-order chi connectivity index (χ1) is 7.68. The second-order valence-electron chi connectivity index (χ2n) is 6.44. The van der Waals surface area contributed by atoms with Crippen LogP contribution in [0.4, 0.5) is 0 Å². The first-order valence-corrected chi connectivity index (χ1v) is 7.10. The molecule has 0 spiro atoms. The van der Waals surface area contributed by atoms with Crippen molar-refractivity contribution in [2.24, 2.45) is 17.3 Å². The van der Waals surface area contributed by atoms with Crippen molar-refractivity contribution in [2.45, 2.75) is 46.0 Å². The maximum absolute atomic E-state index is 3.72. The van der Waals surface area contributed by atoms with E-state index in [4.69, 9.17) is 0 Å². The summed E-state index contributed by atoms with van der Waals surface area (Å²) >= 11 is 0. The molecule has 0 radical (unpaired) electrons. The molecule has 0 aromatic carbocycles. The number of piperidine rings is 1. The molecule has 0 aromatic rings. The van der Waals surface area contributed by atoms with E-state index in [2.05, 4.69) is 24.5 Å². The first kappa shape index (κ1) is 12.4. The lowest BCUT2D eigenvalue weighted by Gasteiger charge is -2.41. The lowest BCUT2D eigenvalue weighted by Crippen LogP contribution is -2.41. The van der Waals surface area contributed by atoms with E-state index in [1.165, 1.54) is 58.3 Å². The highest BCUT2D eigenvalue weighted by atomic mass is 14.9. The number of hydrogen-bond acceptors (Lipinski definition) is 2. The Kier molecular flexibility index (Phi) is 4.26. The lowest BCUT2D eigenvalue weighted by atomic mass is 9.67. The normalized spacial score (nSPS) is 24.4. The van der Waals surface area contributed by atoms with Gasteiger partial charge < -0.3 is 10.6 Å². The number of rotatable bonds is 5. The van der Waals surface area contributed by atoms with Gasteiger partial charge in [0.05, 0.1) is 0 Å². The van der Waals surface area contributed by atoms with Crippen LogP contribution in [0.25, 0.3) is 0 Å². The van der Waals surface area contributed by atoms with Crippen LogP contribution in [0.2, 0.25) is 0 Å². The van der Waals surface area contributed by atoms with Crippen LogP contribution in [-0.4, -0.2) is 26.2 Å². The Balaban J connectivity index is 1.62. The molecule has 2 aliphatic rings. The SMILES string of the molecule is CC(C)(CNCC1CCNCC1)C1CCC1. The van der Waals surface area contributed by atoms with Crippen molar-refractivity contribution >= 4 is 0 Å². The molecule has 1 aliphatic carbocycles. The van der Waals surface area contributed by atoms with Crippen LogP contribution in [0.5, 0.6) is 0 Å². The number of hydrogen-bond donors (Lipinski definition) is 2. The molecule has 0 bridgehead atoms. The van der Waals surface area contributed by atoms with Gasteiger partial charge in [0, 0.05) is 6.54 Å². The van der Waals surface area contributed by atoms with Crippen LogP contribution < -0.4 is 10.6 Å². The minimum absolute atomic E-state index is 0.519. The van der Waals surface area contributed by atoms with Gasteiger partial charge in [-0.05, 0) is 62.6 Å². The highest BCUT2D eigenvalue weighted by Crippen LogP contribution is 2.41. The van der Waals surface area contributed by atoms with Gasteiger partial charge in [-0.3, -0.25) is 0 Å². The molecule has 0 aromatic heterocycles. The maximum atomic E-state index is 3.72. The van der Waals surface area contributed by atoms with E-state index in [0.29, 0.717) is 5.41 Å². The van der Waals surface area contributed by atoms with Crippen molar-refractivity contribution in [1.29, 1.82) is 0 Å². The van der Waals surface area contributed by atoms with Crippen molar-refractivity contribution < 1.29 is 0 Å². The smallest absolute Gasteiger partial charge is 0.000528 e. The lowest BCUT2D eigenvalue weighted by molar-refractivity contribution is 0.117. The molecule has 2 rings (SSSR count). The molecule has 0 unspecified atom stereocenters. The van der Waals surface area contributed by atoms with Crippen molar-refractivity contribution in [3.8, 4) is 0 Å². The molecule has 1 heterocycles. The van der Waals surface area contributed by atoms with Gasteiger partial charge in [0.1, 0.15) is 0 Å². The maximum Gasteiger partial charge on any atom is 0.000528 e. The summed E-state index contributed by atoms with van der Waals surface area (Å²) in [4.78, 5) is 0. The third-order valence-corrected chi connectivity index (χ3v) is 4.68. The summed E-state index contributed by atoms with van der Waals surface area (Å²) in [6.07, 6.45) is 7.10. The summed E-state index contributed by atoms with van der Waals surface area (Å²) in [7, 11) is 0. The molecule has 1 saturated carbocycles. The second-order valence-corrected chi connectivity index (χ2v) is 6.44. The fourth-order valence-electron chi connectivity index (χ4n) is 3.02. The van der Waals surface area contributed by atoms with Crippen LogP contribution in [0.3, 0.4) is 0 Å². The molecular formula is C14H28N2. The fraction of sp³-hybridized carbons (Fsp3) is 1.00. The molecule has 1 aliphatic heterocycles. The number of nitrogens with one attached hydrogen (secondary N) is 2. The van der Waals surface area contributed by atoms with Gasteiger partial charge in [-0.2, -0.15) is 0 Å². The minimum Gasteiger partial charge on any atom is -0.317 e. The van der Waals surface area contributed by atoms with Crippen molar-refractivity contribution in [3.63, 3.8) is 0 Å². The molecule has 0 atom stereocenters. The van der Waals surface area contributed by atoms with E-state index in [1.807, 2.05) is 0 Å². The topological polar surface area (TPSA) is 24.1 Å². The Labute approximate surface area is 101 Å². The molecule has 2 nitrogen and oxygen atoms in total. The summed E-state index contributed by atoms with van der Waals surface area (Å²) < 4.78 is 0. The minimum atomic E-state index is 0.519. The van der Waals surface area contributed by atoms with E-state index in [-0.39, 0.29) is 0 Å². The molecule has 1 saturated heterocycles. The van der Waals surface area contributed by atoms with Gasteiger partial charge in [0.25, 0.3) is 0 Å². The Bertz CT molecular complexity index is 203. The van der Waals surface area contributed by atoms with E-state index in [9.17, 15) is 0 Å². The highest BCUT2D eigenvalue weighted by Gasteiger charge is 2.33. The largest absolute Gasteiger partial charge is 0.317 e. The third kappa shape index (κ3) is 3.21. The van der Waals surface area contributed by atoms with Crippen LogP contribution in [0.15, 0.2) is 0 Å². The zero-order valence-electron chi connectivity index (χ0n) is 11.0. The summed E-state index contributed by atoms with van der Waals surface area (Å²) in [5, 5.41) is 7.15. The van der Waals surface area contributed by atoms with Gasteiger partial charge in [-0.15, -0.1) is 0 Å². The predicted molar refractivity (Wildman–Crippen MR) is 69.6 cm³/mol. The molecule has 2 fully saturated rings. The first-order valence-electron chi connectivity index (χ1n) is 7.10. The standard InChI is InChI=1S/C14H28N2/c1-14(2,13-4-3-5-13)11-16-10-12-6-8-15-9-7-12/h12-13,15-16H,3-11H2,1-2H3. The second kappa shape index (κ2) is 5.50. The Hall–Kier alpha value is -0.0800. The van der Waals surface area contributed by atoms with Crippen molar-refractivity contribution in [2.75, 3.05) is 26.2 Å². The van der Waals surface area contributed by atoms with Crippen LogP contribution in [-0.2, 0) is 0 Å². The molecular weight excluding hydrogens is 196 g/mol. The molecule has 94 valence electrons. The summed E-state index contributed by atoms with van der Waals surface area (Å²) in [5.41, 5.74) is 0.519. The molecule has 16 heavy (non-hydrogen) atoms. The summed E-state index contributed by atoms with van der Waals surface area (Å²) in [6.45, 7) is 9.76. The third-order valence-electron chi connectivity index (χ3n) is 4.68. The zero-order chi connectivity index (χ0) is 11.4. The van der Waals surface area contributed by atoms with Gasteiger partial charge in [0.15, 0.2) is 0 Å². The monoisotopic (exact) mass is 224 g/mol. The summed E-state index contributed by atoms with van der Waals surface area (Å²) in [5.74, 6) is 1.89. The average Bonchev–Trinajstić information content (AvgIpc) is 2.15. The predicted octanol–water partition coefficient (Wildman–Crippen LogP) is 2.40. The Morgan fingerprint density at radius 1 is 1.12 bits per heavy atom. The highest BCUT2D eigenvalue weighted by molar-refractivity contribution is 4.86. The molecule has 0 amide bonds. The van der Waals surface area contributed by atoms with Crippen LogP contribution in [0.1, 0.15) is 46.0 Å². The van der Waals surface area contributed by atoms with E-state index in [0.717, 1.165) is 11.8 Å². The van der Waals surface area contributed by atoms with Crippen molar-refractivity contribution in [3.05, 3.63) is 0 Å². The average molecular weight is 224 g/mol. The Morgan fingerprint density at radius 3 is 2.38 bits per heavy atom. The van der Waals surface area contributed by atoms with Crippen LogP contribution in [0, 0.1) is 17.3 Å². The molecule has 2 heteroatoms. The quantitative estimate of drug-likeness (QED) is 0.749. The van der Waals surface area contributed by atoms with E-state index < -0.39 is 0 Å². The van der Waals surface area contributed by atoms with Gasteiger partial charge in [0.2, 0.25) is 0 Å². The van der Waals surface area contributed by atoms with Gasteiger partial charge >= 0.3 is 0 Å². The summed E-state index contributed by atoms with van der Waals surface area (Å²) in [6, 6.07) is 0. The fourth-order valence-corrected chi connectivity index (χ4v) is 3.02. The van der Waals surface area contributed by atoms with E-state index in [1.54, 1.807) is 0 Å².